The zero-order valence-electron chi connectivity index (χ0n) is 7.55. The summed E-state index contributed by atoms with van der Waals surface area (Å²) in [5.41, 5.74) is -2.33. The molecule has 0 amide bonds. The molecule has 98 valence electrons. The minimum atomic E-state index is -5.79. The van der Waals surface area contributed by atoms with Crippen molar-refractivity contribution in [2.75, 3.05) is 0 Å². The molecule has 0 saturated heterocycles. The molecule has 0 bridgehead atoms. The molecule has 0 aromatic rings. The van der Waals surface area contributed by atoms with E-state index in [2.05, 4.69) is 11.3 Å². The highest BCUT2D eigenvalue weighted by Gasteiger charge is 2.45. The van der Waals surface area contributed by atoms with Gasteiger partial charge in [-0.1, -0.05) is 6.58 Å². The van der Waals surface area contributed by atoms with E-state index >= 15 is 0 Å². The molecule has 0 aromatic heterocycles. The lowest BCUT2D eigenvalue weighted by Crippen LogP contribution is -2.25. The van der Waals surface area contributed by atoms with E-state index in [0.717, 1.165) is 0 Å². The third-order valence-corrected chi connectivity index (χ3v) is 1.21. The second-order valence-electron chi connectivity index (χ2n) is 2.45. The SMILES string of the molecule is C=C(C(=O)OC(=C(F)F)C(F)(F)F)C(F)(F)F. The molecule has 0 aliphatic heterocycles. The molecule has 0 N–H and O–H groups in total. The number of carbonyl (C=O) groups is 1. The van der Waals surface area contributed by atoms with Gasteiger partial charge in [-0.2, -0.15) is 35.1 Å². The summed E-state index contributed by atoms with van der Waals surface area (Å²) in [5.74, 6) is -5.76. The molecular formula is C7H2F8O2. The summed E-state index contributed by atoms with van der Waals surface area (Å²) in [6.07, 6.45) is -14.6. The molecule has 0 saturated carbocycles. The van der Waals surface area contributed by atoms with Crippen LogP contribution >= 0.6 is 0 Å². The van der Waals surface area contributed by atoms with Gasteiger partial charge in [-0.15, -0.1) is 0 Å². The summed E-state index contributed by atoms with van der Waals surface area (Å²) in [7, 11) is 0. The van der Waals surface area contributed by atoms with Crippen LogP contribution in [0.5, 0.6) is 0 Å². The van der Waals surface area contributed by atoms with Gasteiger partial charge in [-0.3, -0.25) is 0 Å². The zero-order chi connectivity index (χ0) is 14.0. The fourth-order valence-electron chi connectivity index (χ4n) is 0.474. The quantitative estimate of drug-likeness (QED) is 0.333. The number of hydrogen-bond donors (Lipinski definition) is 0. The largest absolute Gasteiger partial charge is 0.455 e. The van der Waals surface area contributed by atoms with Crippen molar-refractivity contribution >= 4 is 5.97 Å². The maximum Gasteiger partial charge on any atom is 0.455 e. The van der Waals surface area contributed by atoms with Crippen molar-refractivity contribution < 1.29 is 44.7 Å². The van der Waals surface area contributed by atoms with E-state index in [9.17, 15) is 39.9 Å². The van der Waals surface area contributed by atoms with Gasteiger partial charge in [0.05, 0.1) is 0 Å². The molecule has 0 radical (unpaired) electrons. The first-order valence-corrected chi connectivity index (χ1v) is 3.48. The van der Waals surface area contributed by atoms with Crippen molar-refractivity contribution in [3.8, 4) is 0 Å². The number of halogens is 8. The Bertz CT molecular complexity index is 357. The Balaban J connectivity index is 5.04. The highest BCUT2D eigenvalue weighted by atomic mass is 19.4. The van der Waals surface area contributed by atoms with E-state index in [0.29, 0.717) is 0 Å². The van der Waals surface area contributed by atoms with Crippen LogP contribution in [-0.2, 0) is 9.53 Å². The molecule has 0 rings (SSSR count). The van der Waals surface area contributed by atoms with Crippen LogP contribution in [0.15, 0.2) is 24.0 Å². The molecule has 0 spiro atoms. The molecule has 0 fully saturated rings. The van der Waals surface area contributed by atoms with Crippen molar-refractivity contribution in [2.45, 2.75) is 12.4 Å². The predicted octanol–water partition coefficient (Wildman–Crippen LogP) is 3.32. The Morgan fingerprint density at radius 2 is 1.35 bits per heavy atom. The monoisotopic (exact) mass is 270 g/mol. The molecule has 0 aromatic carbocycles. The van der Waals surface area contributed by atoms with Gasteiger partial charge in [0.25, 0.3) is 5.76 Å². The third kappa shape index (κ3) is 4.41. The average molecular weight is 270 g/mol. The van der Waals surface area contributed by atoms with E-state index in [1.165, 1.54) is 0 Å². The Morgan fingerprint density at radius 1 is 0.941 bits per heavy atom. The van der Waals surface area contributed by atoms with Crippen LogP contribution in [0.25, 0.3) is 0 Å². The molecule has 0 heterocycles. The second kappa shape index (κ2) is 4.72. The molecular weight excluding hydrogens is 268 g/mol. The van der Waals surface area contributed by atoms with Crippen LogP contribution < -0.4 is 0 Å². The minimum absolute atomic E-state index is 2.09. The van der Waals surface area contributed by atoms with Crippen LogP contribution in [0.1, 0.15) is 0 Å². The number of allylic oxidation sites excluding steroid dienone is 1. The number of esters is 1. The normalized spacial score (nSPS) is 12.0. The molecule has 0 aliphatic rings. The van der Waals surface area contributed by atoms with Gasteiger partial charge < -0.3 is 4.74 Å². The molecule has 0 atom stereocenters. The van der Waals surface area contributed by atoms with E-state index in [4.69, 9.17) is 0 Å². The van der Waals surface area contributed by atoms with E-state index < -0.39 is 35.7 Å². The fraction of sp³-hybridized carbons (Fsp3) is 0.286. The van der Waals surface area contributed by atoms with Crippen LogP contribution in [0.2, 0.25) is 0 Å². The van der Waals surface area contributed by atoms with Crippen LogP contribution in [0.4, 0.5) is 35.1 Å². The summed E-state index contributed by atoms with van der Waals surface area (Å²) in [6.45, 7) is 2.09. The van der Waals surface area contributed by atoms with Crippen molar-refractivity contribution in [3.05, 3.63) is 24.0 Å². The first kappa shape index (κ1) is 15.4. The second-order valence-corrected chi connectivity index (χ2v) is 2.45. The lowest BCUT2D eigenvalue weighted by Gasteiger charge is -2.12. The van der Waals surface area contributed by atoms with E-state index in [-0.39, 0.29) is 0 Å². The smallest absolute Gasteiger partial charge is 0.412 e. The molecule has 2 nitrogen and oxygen atoms in total. The Kier molecular flexibility index (Phi) is 4.27. The number of carbonyl (C=O) groups excluding carboxylic acids is 1. The highest BCUT2D eigenvalue weighted by molar-refractivity contribution is 5.89. The van der Waals surface area contributed by atoms with Crippen LogP contribution in [-0.4, -0.2) is 18.3 Å². The maximum absolute atomic E-state index is 11.8. The number of ether oxygens (including phenoxy) is 1. The van der Waals surface area contributed by atoms with Gasteiger partial charge in [-0.05, 0) is 0 Å². The lowest BCUT2D eigenvalue weighted by atomic mass is 10.3. The molecule has 17 heavy (non-hydrogen) atoms. The summed E-state index contributed by atoms with van der Waals surface area (Å²) in [4.78, 5) is 10.4. The maximum atomic E-state index is 11.8. The van der Waals surface area contributed by atoms with Crippen molar-refractivity contribution in [1.29, 1.82) is 0 Å². The predicted molar refractivity (Wildman–Crippen MR) is 36.6 cm³/mol. The van der Waals surface area contributed by atoms with Gasteiger partial charge in [0.1, 0.15) is 5.57 Å². The Hall–Kier alpha value is -1.61. The Labute approximate surface area is 88.1 Å². The fourth-order valence-corrected chi connectivity index (χ4v) is 0.474. The number of rotatable bonds is 2. The first-order valence-electron chi connectivity index (χ1n) is 3.48. The molecule has 10 heteroatoms. The standard InChI is InChI=1S/C7H2F8O2/c1-2(6(10,11)12)5(16)17-3(4(8)9)7(13,14)15/h1H2. The van der Waals surface area contributed by atoms with Crippen molar-refractivity contribution in [2.24, 2.45) is 0 Å². The van der Waals surface area contributed by atoms with Crippen molar-refractivity contribution in [3.63, 3.8) is 0 Å². The van der Waals surface area contributed by atoms with Crippen LogP contribution in [0.3, 0.4) is 0 Å². The van der Waals surface area contributed by atoms with E-state index in [1.54, 1.807) is 0 Å². The minimum Gasteiger partial charge on any atom is -0.412 e. The van der Waals surface area contributed by atoms with Crippen LogP contribution in [0, 0.1) is 0 Å². The van der Waals surface area contributed by atoms with Crippen molar-refractivity contribution in [1.82, 2.24) is 0 Å². The summed E-state index contributed by atoms with van der Waals surface area (Å²) in [5, 5.41) is 0. The average Bonchev–Trinajstić information content (AvgIpc) is 2.08. The van der Waals surface area contributed by atoms with Gasteiger partial charge >= 0.3 is 24.4 Å². The van der Waals surface area contributed by atoms with Gasteiger partial charge in [0.15, 0.2) is 0 Å². The summed E-state index contributed by atoms with van der Waals surface area (Å²) in [6, 6.07) is 0. The first-order chi connectivity index (χ1) is 7.37. The summed E-state index contributed by atoms with van der Waals surface area (Å²) >= 11 is 0. The number of hydrogen-bond acceptors (Lipinski definition) is 2. The zero-order valence-corrected chi connectivity index (χ0v) is 7.55. The van der Waals surface area contributed by atoms with E-state index in [1.807, 2.05) is 0 Å². The molecule has 0 unspecified atom stereocenters. The van der Waals surface area contributed by atoms with Gasteiger partial charge in [0.2, 0.25) is 0 Å². The highest BCUT2D eigenvalue weighted by Crippen LogP contribution is 2.33. The molecule has 0 aliphatic carbocycles. The summed E-state index contributed by atoms with van der Waals surface area (Å²) < 4.78 is 96.9. The van der Waals surface area contributed by atoms with Gasteiger partial charge in [-0.25, -0.2) is 4.79 Å². The third-order valence-electron chi connectivity index (χ3n) is 1.21. The topological polar surface area (TPSA) is 26.3 Å². The Morgan fingerprint density at radius 3 is 1.59 bits per heavy atom. The lowest BCUT2D eigenvalue weighted by molar-refractivity contribution is -0.166. The van der Waals surface area contributed by atoms with Gasteiger partial charge in [0, 0.05) is 0 Å². The number of alkyl halides is 6.